The van der Waals surface area contributed by atoms with Gasteiger partial charge in [0.05, 0.1) is 13.1 Å². The number of hydrogen-bond donors (Lipinski definition) is 1. The maximum atomic E-state index is 13.6. The van der Waals surface area contributed by atoms with Crippen LogP contribution in [0.4, 0.5) is 10.1 Å². The number of amides is 1. The van der Waals surface area contributed by atoms with Gasteiger partial charge < -0.3 is 26.8 Å². The summed E-state index contributed by atoms with van der Waals surface area (Å²) in [7, 11) is 0. The monoisotopic (exact) mass is 448 g/mol. The Morgan fingerprint density at radius 2 is 1.57 bits per heavy atom. The van der Waals surface area contributed by atoms with Gasteiger partial charge in [0.2, 0.25) is 0 Å². The fraction of sp³-hybridized carbons (Fsp3) is 0.435. The normalized spacial score (nSPS) is 16.0. The zero-order chi connectivity index (χ0) is 19.3. The molecule has 0 unspecified atom stereocenters. The quantitative estimate of drug-likeness (QED) is 0.696. The highest BCUT2D eigenvalue weighted by Gasteiger charge is 2.32. The van der Waals surface area contributed by atoms with Gasteiger partial charge in [-0.05, 0) is 62.8 Å². The first-order valence-corrected chi connectivity index (χ1v) is 9.93. The van der Waals surface area contributed by atoms with Gasteiger partial charge in [0.15, 0.2) is 6.54 Å². The SMILES string of the molecule is Cc1cc(F)cc(C)c1NC(=O)C[N+]1(Cc2ccccc2)CCCCCC1.[Br-]. The largest absolute Gasteiger partial charge is 1.00 e. The highest BCUT2D eigenvalue weighted by molar-refractivity contribution is 5.93. The van der Waals surface area contributed by atoms with E-state index in [2.05, 4.69) is 29.6 Å². The van der Waals surface area contributed by atoms with E-state index in [4.69, 9.17) is 0 Å². The molecule has 0 saturated carbocycles. The number of anilines is 1. The van der Waals surface area contributed by atoms with Crippen molar-refractivity contribution in [1.29, 1.82) is 0 Å². The number of benzene rings is 2. The molecule has 1 amide bonds. The van der Waals surface area contributed by atoms with Gasteiger partial charge in [-0.2, -0.15) is 0 Å². The molecule has 0 atom stereocenters. The van der Waals surface area contributed by atoms with Crippen LogP contribution >= 0.6 is 0 Å². The summed E-state index contributed by atoms with van der Waals surface area (Å²) in [6.45, 7) is 7.09. The molecule has 0 aliphatic carbocycles. The van der Waals surface area contributed by atoms with Crippen molar-refractivity contribution in [2.24, 2.45) is 0 Å². The molecule has 0 aromatic heterocycles. The van der Waals surface area contributed by atoms with Crippen LogP contribution in [0.15, 0.2) is 42.5 Å². The molecule has 28 heavy (non-hydrogen) atoms. The van der Waals surface area contributed by atoms with E-state index in [1.165, 1.54) is 30.5 Å². The number of halogens is 2. The van der Waals surface area contributed by atoms with Gasteiger partial charge in [0, 0.05) is 11.3 Å². The Kier molecular flexibility index (Phi) is 8.20. The van der Waals surface area contributed by atoms with Crippen LogP contribution in [0.25, 0.3) is 0 Å². The number of hydrogen-bond acceptors (Lipinski definition) is 1. The zero-order valence-electron chi connectivity index (χ0n) is 16.8. The molecule has 2 aromatic rings. The second-order valence-corrected chi connectivity index (χ2v) is 7.97. The molecule has 1 fully saturated rings. The van der Waals surface area contributed by atoms with Gasteiger partial charge in [-0.15, -0.1) is 0 Å². The zero-order valence-corrected chi connectivity index (χ0v) is 18.4. The molecule has 1 N–H and O–H groups in total. The molecule has 0 bridgehead atoms. The Morgan fingerprint density at radius 3 is 2.14 bits per heavy atom. The van der Waals surface area contributed by atoms with E-state index in [-0.39, 0.29) is 28.7 Å². The minimum Gasteiger partial charge on any atom is -1.00 e. The van der Waals surface area contributed by atoms with E-state index in [0.29, 0.717) is 6.54 Å². The van der Waals surface area contributed by atoms with Gasteiger partial charge in [0.1, 0.15) is 12.4 Å². The average Bonchev–Trinajstić information content (AvgIpc) is 2.84. The number of carbonyl (C=O) groups is 1. The second kappa shape index (κ2) is 10.2. The topological polar surface area (TPSA) is 29.1 Å². The number of likely N-dealkylation sites (tertiary alicyclic amines) is 1. The van der Waals surface area contributed by atoms with E-state index in [1.54, 1.807) is 0 Å². The lowest BCUT2D eigenvalue weighted by Crippen LogP contribution is -3.00. The predicted octanol–water partition coefficient (Wildman–Crippen LogP) is 1.98. The molecular weight excluding hydrogens is 419 g/mol. The summed E-state index contributed by atoms with van der Waals surface area (Å²) in [4.78, 5) is 13.0. The van der Waals surface area contributed by atoms with Crippen molar-refractivity contribution in [3.63, 3.8) is 0 Å². The number of aryl methyl sites for hydroxylation is 2. The smallest absolute Gasteiger partial charge is 0.279 e. The van der Waals surface area contributed by atoms with Crippen LogP contribution in [-0.2, 0) is 11.3 Å². The highest BCUT2D eigenvalue weighted by Crippen LogP contribution is 2.25. The van der Waals surface area contributed by atoms with E-state index in [0.717, 1.165) is 53.8 Å². The van der Waals surface area contributed by atoms with Crippen molar-refractivity contribution < 1.29 is 30.6 Å². The third-order valence-electron chi connectivity index (χ3n) is 5.62. The summed E-state index contributed by atoms with van der Waals surface area (Å²) < 4.78 is 14.4. The first-order valence-electron chi connectivity index (χ1n) is 9.93. The van der Waals surface area contributed by atoms with E-state index in [1.807, 2.05) is 19.9 Å². The molecule has 1 aliphatic heterocycles. The van der Waals surface area contributed by atoms with Gasteiger partial charge in [-0.3, -0.25) is 4.79 Å². The lowest BCUT2D eigenvalue weighted by atomic mass is 10.1. The highest BCUT2D eigenvalue weighted by atomic mass is 79.9. The molecule has 1 aliphatic rings. The van der Waals surface area contributed by atoms with Crippen LogP contribution in [0.2, 0.25) is 0 Å². The molecule has 3 rings (SSSR count). The van der Waals surface area contributed by atoms with Crippen molar-refractivity contribution in [3.8, 4) is 0 Å². The fourth-order valence-electron chi connectivity index (χ4n) is 4.29. The molecule has 1 saturated heterocycles. The standard InChI is InChI=1S/C23H29FN2O.BrH/c1-18-14-21(24)15-19(2)23(18)25-22(27)17-26(12-8-3-4-9-13-26)16-20-10-6-5-7-11-20;/h5-7,10-11,14-15H,3-4,8-9,12-13,16-17H2,1-2H3;1H. The second-order valence-electron chi connectivity index (χ2n) is 7.97. The fourth-order valence-corrected chi connectivity index (χ4v) is 4.29. The minimum absolute atomic E-state index is 0. The number of quaternary nitrogens is 1. The Hall–Kier alpha value is -1.72. The van der Waals surface area contributed by atoms with Gasteiger partial charge >= 0.3 is 0 Å². The molecule has 3 nitrogen and oxygen atoms in total. The number of nitrogens with one attached hydrogen (secondary N) is 1. The van der Waals surface area contributed by atoms with Crippen molar-refractivity contribution in [3.05, 3.63) is 65.0 Å². The predicted molar refractivity (Wildman–Crippen MR) is 108 cm³/mol. The minimum atomic E-state index is -0.261. The van der Waals surface area contributed by atoms with Crippen LogP contribution in [0, 0.1) is 19.7 Å². The van der Waals surface area contributed by atoms with Crippen LogP contribution < -0.4 is 22.3 Å². The Labute approximate surface area is 178 Å². The van der Waals surface area contributed by atoms with Crippen LogP contribution in [-0.4, -0.2) is 30.0 Å². The summed E-state index contributed by atoms with van der Waals surface area (Å²) in [5.74, 6) is -0.242. The summed E-state index contributed by atoms with van der Waals surface area (Å²) in [6, 6.07) is 13.4. The van der Waals surface area contributed by atoms with Gasteiger partial charge in [0.25, 0.3) is 5.91 Å². The number of carbonyl (C=O) groups excluding carboxylic acids is 1. The van der Waals surface area contributed by atoms with Crippen molar-refractivity contribution in [2.45, 2.75) is 46.1 Å². The molecule has 0 spiro atoms. The lowest BCUT2D eigenvalue weighted by molar-refractivity contribution is -0.932. The van der Waals surface area contributed by atoms with E-state index >= 15 is 0 Å². The third kappa shape index (κ3) is 5.89. The summed E-state index contributed by atoms with van der Waals surface area (Å²) in [6.07, 6.45) is 4.81. The molecule has 5 heteroatoms. The summed E-state index contributed by atoms with van der Waals surface area (Å²) in [5.41, 5.74) is 3.56. The molecular formula is C23H30BrFN2O. The molecule has 2 aromatic carbocycles. The van der Waals surface area contributed by atoms with Crippen molar-refractivity contribution in [1.82, 2.24) is 0 Å². The first kappa shape index (κ1) is 22.6. The molecule has 0 radical (unpaired) electrons. The third-order valence-corrected chi connectivity index (χ3v) is 5.62. The first-order chi connectivity index (χ1) is 13.0. The van der Waals surface area contributed by atoms with Crippen LogP contribution in [0.3, 0.4) is 0 Å². The Bertz CT molecular complexity index is 763. The summed E-state index contributed by atoms with van der Waals surface area (Å²) in [5, 5.41) is 3.06. The van der Waals surface area contributed by atoms with E-state index in [9.17, 15) is 9.18 Å². The van der Waals surface area contributed by atoms with Gasteiger partial charge in [-0.1, -0.05) is 30.3 Å². The Balaban J connectivity index is 0.00000280. The summed E-state index contributed by atoms with van der Waals surface area (Å²) >= 11 is 0. The van der Waals surface area contributed by atoms with Crippen LogP contribution in [0.5, 0.6) is 0 Å². The molecule has 1 heterocycles. The van der Waals surface area contributed by atoms with Crippen molar-refractivity contribution >= 4 is 11.6 Å². The van der Waals surface area contributed by atoms with E-state index < -0.39 is 0 Å². The Morgan fingerprint density at radius 1 is 1.00 bits per heavy atom. The van der Waals surface area contributed by atoms with Crippen molar-refractivity contribution in [2.75, 3.05) is 25.0 Å². The number of rotatable bonds is 5. The maximum Gasteiger partial charge on any atom is 0.279 e. The van der Waals surface area contributed by atoms with Gasteiger partial charge in [-0.25, -0.2) is 4.39 Å². The average molecular weight is 449 g/mol. The maximum absolute atomic E-state index is 13.6. The number of nitrogens with zero attached hydrogens (tertiary/aromatic N) is 1. The lowest BCUT2D eigenvalue weighted by Gasteiger charge is -2.37. The molecule has 152 valence electrons. The van der Waals surface area contributed by atoms with Crippen LogP contribution in [0.1, 0.15) is 42.4 Å².